The van der Waals surface area contributed by atoms with E-state index in [1.165, 1.54) is 26.1 Å². The number of aromatic nitrogens is 4. The lowest BCUT2D eigenvalue weighted by Gasteiger charge is -2.22. The molecule has 0 unspecified atom stereocenters. The highest BCUT2D eigenvalue weighted by atomic mass is 19.4. The van der Waals surface area contributed by atoms with Crippen LogP contribution in [0, 0.1) is 35.2 Å². The Hall–Kier alpha value is -5.37. The van der Waals surface area contributed by atoms with Gasteiger partial charge in [-0.3, -0.25) is 14.3 Å². The summed E-state index contributed by atoms with van der Waals surface area (Å²) in [6.45, 7) is 1.61. The Morgan fingerprint density at radius 2 is 1.80 bits per heavy atom. The number of fused-ring (bicyclic) bond motifs is 3. The molecule has 0 aliphatic heterocycles. The first-order chi connectivity index (χ1) is 23.7. The number of halogens is 8. The second kappa shape index (κ2) is 12.4. The highest BCUT2D eigenvalue weighted by Crippen LogP contribution is 2.68. The van der Waals surface area contributed by atoms with Crippen LogP contribution < -0.4 is 11.1 Å². The molecule has 17 heteroatoms. The van der Waals surface area contributed by atoms with Crippen LogP contribution in [0.25, 0.3) is 11.1 Å². The molecule has 9 nitrogen and oxygen atoms in total. The van der Waals surface area contributed by atoms with E-state index >= 15 is 8.78 Å². The Bertz CT molecular complexity index is 2130. The van der Waals surface area contributed by atoms with Crippen molar-refractivity contribution in [1.29, 1.82) is 0 Å². The van der Waals surface area contributed by atoms with Crippen LogP contribution in [0.4, 0.5) is 35.1 Å². The van der Waals surface area contributed by atoms with E-state index in [9.17, 15) is 41.0 Å². The molecular weight excluding hydrogens is 692 g/mol. The highest BCUT2D eigenvalue weighted by Gasteiger charge is 2.68. The Balaban J connectivity index is 1.46. The van der Waals surface area contributed by atoms with Crippen molar-refractivity contribution in [3.8, 4) is 23.0 Å². The van der Waals surface area contributed by atoms with Crippen molar-refractivity contribution in [3.05, 3.63) is 99.6 Å². The minimum absolute atomic E-state index is 0.0134. The van der Waals surface area contributed by atoms with Gasteiger partial charge in [-0.2, -0.15) is 27.1 Å². The summed E-state index contributed by atoms with van der Waals surface area (Å²) in [4.78, 5) is 34.1. The van der Waals surface area contributed by atoms with Crippen LogP contribution in [0.3, 0.4) is 0 Å². The van der Waals surface area contributed by atoms with Gasteiger partial charge >= 0.3 is 6.18 Å². The van der Waals surface area contributed by atoms with E-state index in [1.54, 1.807) is 0 Å². The van der Waals surface area contributed by atoms with Gasteiger partial charge in [-0.05, 0) is 73.9 Å². The summed E-state index contributed by atoms with van der Waals surface area (Å²) in [5.74, 6) is -6.55. The van der Waals surface area contributed by atoms with Crippen LogP contribution >= 0.6 is 0 Å². The molecule has 3 atom stereocenters. The summed E-state index contributed by atoms with van der Waals surface area (Å²) in [5.41, 5.74) is -0.0546. The average Bonchev–Trinajstić information content (AvgIpc) is 3.67. The molecule has 2 aromatic heterocycles. The molecule has 1 fully saturated rings. The van der Waals surface area contributed by atoms with Gasteiger partial charge < -0.3 is 16.2 Å². The largest absolute Gasteiger partial charge is 0.435 e. The van der Waals surface area contributed by atoms with E-state index in [4.69, 9.17) is 5.73 Å². The fourth-order valence-electron chi connectivity index (χ4n) is 6.18. The lowest BCUT2D eigenvalue weighted by atomic mass is 9.95. The van der Waals surface area contributed by atoms with Crippen LogP contribution in [0.15, 0.2) is 42.6 Å². The zero-order valence-corrected chi connectivity index (χ0v) is 26.5. The number of carbonyl (C=O) groups is 2. The van der Waals surface area contributed by atoms with Gasteiger partial charge in [0, 0.05) is 29.3 Å². The summed E-state index contributed by atoms with van der Waals surface area (Å²) in [5, 5.41) is 16.0. The average molecular weight is 719 g/mol. The maximum absolute atomic E-state index is 15.2. The van der Waals surface area contributed by atoms with Crippen molar-refractivity contribution < 1.29 is 49.8 Å². The Morgan fingerprint density at radius 3 is 2.43 bits per heavy atom. The summed E-state index contributed by atoms with van der Waals surface area (Å²) < 4.78 is 115. The SMILES string of the molecule is CC(C)(O)C#Cc1ncc(-c2ccc(F)c(C(N)=O)c2)c([C@H](Cc2cc(F)cc(F)c2)NC(=O)Cn2nc(C(F)(F)F)c3c2C(F)(F)[C@@H]2C[C@H]32)n1. The summed E-state index contributed by atoms with van der Waals surface area (Å²) in [6.07, 6.45) is -4.52. The Labute approximate surface area is 283 Å². The molecule has 2 aromatic carbocycles. The maximum Gasteiger partial charge on any atom is 0.435 e. The quantitative estimate of drug-likeness (QED) is 0.167. The number of alkyl halides is 5. The summed E-state index contributed by atoms with van der Waals surface area (Å²) in [6, 6.07) is 4.20. The van der Waals surface area contributed by atoms with Crippen LogP contribution in [-0.4, -0.2) is 42.3 Å². The Morgan fingerprint density at radius 1 is 1.12 bits per heavy atom. The predicted octanol–water partition coefficient (Wildman–Crippen LogP) is 5.31. The first-order valence-electron chi connectivity index (χ1n) is 15.3. The second-order valence-electron chi connectivity index (χ2n) is 12.8. The lowest BCUT2D eigenvalue weighted by molar-refractivity contribution is -0.142. The van der Waals surface area contributed by atoms with Gasteiger partial charge in [0.1, 0.15) is 35.3 Å². The highest BCUT2D eigenvalue weighted by molar-refractivity contribution is 5.94. The van der Waals surface area contributed by atoms with E-state index in [0.29, 0.717) is 10.7 Å². The minimum Gasteiger partial charge on any atom is -0.378 e. The number of carbonyl (C=O) groups excluding carboxylic acids is 2. The van der Waals surface area contributed by atoms with Gasteiger partial charge in [0.15, 0.2) is 5.69 Å². The van der Waals surface area contributed by atoms with Crippen molar-refractivity contribution in [1.82, 2.24) is 25.1 Å². The number of amides is 2. The van der Waals surface area contributed by atoms with Gasteiger partial charge in [0.05, 0.1) is 17.3 Å². The van der Waals surface area contributed by atoms with E-state index < -0.39 is 100 Å². The Kier molecular flexibility index (Phi) is 8.65. The normalized spacial score (nSPS) is 17.9. The fourth-order valence-corrected chi connectivity index (χ4v) is 6.18. The predicted molar refractivity (Wildman–Crippen MR) is 162 cm³/mol. The molecule has 2 aliphatic rings. The lowest BCUT2D eigenvalue weighted by Crippen LogP contribution is -2.35. The van der Waals surface area contributed by atoms with Gasteiger partial charge in [-0.15, -0.1) is 0 Å². The fraction of sp³-hybridized carbons (Fsp3) is 0.324. The zero-order chi connectivity index (χ0) is 37.2. The number of hydrogen-bond acceptors (Lipinski definition) is 6. The smallest absolute Gasteiger partial charge is 0.378 e. The number of nitrogens with two attached hydrogens (primary N) is 1. The number of primary amides is 1. The molecule has 4 N–H and O–H groups in total. The zero-order valence-electron chi connectivity index (χ0n) is 26.5. The summed E-state index contributed by atoms with van der Waals surface area (Å²) in [7, 11) is 0. The van der Waals surface area contributed by atoms with Crippen molar-refractivity contribution in [2.24, 2.45) is 11.7 Å². The second-order valence-corrected chi connectivity index (χ2v) is 12.8. The molecule has 0 spiro atoms. The molecule has 4 aromatic rings. The molecule has 51 heavy (non-hydrogen) atoms. The third-order valence-electron chi connectivity index (χ3n) is 8.36. The van der Waals surface area contributed by atoms with Crippen molar-refractivity contribution >= 4 is 11.8 Å². The van der Waals surface area contributed by atoms with Crippen molar-refractivity contribution in [3.63, 3.8) is 0 Å². The van der Waals surface area contributed by atoms with Crippen LogP contribution in [0.2, 0.25) is 0 Å². The number of aliphatic hydroxyl groups is 1. The van der Waals surface area contributed by atoms with E-state index in [1.807, 2.05) is 0 Å². The molecule has 6 rings (SSSR count). The third kappa shape index (κ3) is 7.13. The molecule has 266 valence electrons. The van der Waals surface area contributed by atoms with E-state index in [-0.39, 0.29) is 34.6 Å². The standard InChI is InChI=1S/C34H26F8N6O3/c1-32(2,51)6-5-25-44-13-21(16-3-4-23(37)20(10-16)31(43)50)28(46-25)24(9-15-7-17(35)11-18(36)8-15)45-26(49)14-48-30-27(29(47-48)34(40,41)42)19-12-22(19)33(30,38)39/h3-4,7-8,10-11,13,19,22,24,51H,9,12,14H2,1-2H3,(H2,43,50)(H,45,49)/t19-,22+,24-/m0/s1. The molecule has 0 saturated heterocycles. The topological polar surface area (TPSA) is 136 Å². The molecule has 0 bridgehead atoms. The molecular formula is C34H26F8N6O3. The molecule has 2 aliphatic carbocycles. The number of nitrogens with one attached hydrogen (secondary N) is 1. The maximum atomic E-state index is 15.2. The van der Waals surface area contributed by atoms with Gasteiger partial charge in [-0.1, -0.05) is 12.0 Å². The third-order valence-corrected chi connectivity index (χ3v) is 8.36. The van der Waals surface area contributed by atoms with Gasteiger partial charge in [0.2, 0.25) is 11.7 Å². The van der Waals surface area contributed by atoms with Crippen LogP contribution in [-0.2, 0) is 29.9 Å². The van der Waals surface area contributed by atoms with Crippen molar-refractivity contribution in [2.45, 2.75) is 62.9 Å². The first kappa shape index (κ1) is 35.5. The van der Waals surface area contributed by atoms with Crippen LogP contribution in [0.1, 0.15) is 76.6 Å². The number of nitrogens with zero attached hydrogens (tertiary/aromatic N) is 4. The van der Waals surface area contributed by atoms with Crippen LogP contribution in [0.5, 0.6) is 0 Å². The van der Waals surface area contributed by atoms with E-state index in [0.717, 1.165) is 24.3 Å². The first-order valence-corrected chi connectivity index (χ1v) is 15.3. The minimum atomic E-state index is -5.08. The van der Waals surface area contributed by atoms with E-state index in [2.05, 4.69) is 32.2 Å². The molecule has 1 saturated carbocycles. The van der Waals surface area contributed by atoms with Gasteiger partial charge in [0.25, 0.3) is 11.8 Å². The van der Waals surface area contributed by atoms with Crippen molar-refractivity contribution in [2.75, 3.05) is 0 Å². The van der Waals surface area contributed by atoms with Gasteiger partial charge in [-0.25, -0.2) is 23.1 Å². The number of benzene rings is 2. The number of hydrogen-bond donors (Lipinski definition) is 3. The molecule has 0 radical (unpaired) electrons. The monoisotopic (exact) mass is 718 g/mol. The summed E-state index contributed by atoms with van der Waals surface area (Å²) >= 11 is 0. The molecule has 2 heterocycles. The molecule has 2 amide bonds. The number of rotatable bonds is 8.